The zero-order valence-electron chi connectivity index (χ0n) is 21.5. The first kappa shape index (κ1) is 27.3. The zero-order valence-corrected chi connectivity index (χ0v) is 22.4. The molecule has 4 rings (SSSR count). The van der Waals surface area contributed by atoms with E-state index in [2.05, 4.69) is 20.9 Å². The SMILES string of the molecule is Cc1ccc(/C=C(\NC(=O)c2ccccc2)C(=O)Nc2ccc(SC(C)C(=O)Nc3ccncc3)cc2)cc1. The summed E-state index contributed by atoms with van der Waals surface area (Å²) in [7, 11) is 0. The molecule has 7 nitrogen and oxygen atoms in total. The largest absolute Gasteiger partial charge is 0.325 e. The van der Waals surface area contributed by atoms with Crippen LogP contribution < -0.4 is 16.0 Å². The predicted molar refractivity (Wildman–Crippen MR) is 156 cm³/mol. The molecule has 0 bridgehead atoms. The predicted octanol–water partition coefficient (Wildman–Crippen LogP) is 5.92. The summed E-state index contributed by atoms with van der Waals surface area (Å²) in [4.78, 5) is 43.4. The lowest BCUT2D eigenvalue weighted by Crippen LogP contribution is -2.30. The lowest BCUT2D eigenvalue weighted by Gasteiger charge is -2.13. The van der Waals surface area contributed by atoms with E-state index in [-0.39, 0.29) is 22.8 Å². The van der Waals surface area contributed by atoms with Crippen LogP contribution in [0.1, 0.15) is 28.4 Å². The number of amides is 3. The molecule has 0 aliphatic carbocycles. The number of pyridine rings is 1. The number of nitrogens with zero attached hydrogens (tertiary/aromatic N) is 1. The number of rotatable bonds is 9. The highest BCUT2D eigenvalue weighted by molar-refractivity contribution is 8.00. The minimum Gasteiger partial charge on any atom is -0.325 e. The number of nitrogens with one attached hydrogen (secondary N) is 3. The average Bonchev–Trinajstić information content (AvgIpc) is 2.95. The van der Waals surface area contributed by atoms with Gasteiger partial charge >= 0.3 is 0 Å². The highest BCUT2D eigenvalue weighted by Crippen LogP contribution is 2.26. The molecule has 0 aliphatic heterocycles. The number of thioether (sulfide) groups is 1. The van der Waals surface area contributed by atoms with Crippen LogP contribution in [-0.4, -0.2) is 28.0 Å². The summed E-state index contributed by atoms with van der Waals surface area (Å²) in [6, 6.07) is 27.0. The van der Waals surface area contributed by atoms with Crippen molar-refractivity contribution >= 4 is 46.9 Å². The third kappa shape index (κ3) is 8.15. The van der Waals surface area contributed by atoms with Crippen molar-refractivity contribution in [2.24, 2.45) is 0 Å². The lowest BCUT2D eigenvalue weighted by atomic mass is 10.1. The smallest absolute Gasteiger partial charge is 0.272 e. The van der Waals surface area contributed by atoms with E-state index in [4.69, 9.17) is 0 Å². The number of aryl methyl sites for hydroxylation is 1. The van der Waals surface area contributed by atoms with Crippen LogP contribution in [0, 0.1) is 6.92 Å². The van der Waals surface area contributed by atoms with Gasteiger partial charge in [-0.05, 0) is 74.0 Å². The van der Waals surface area contributed by atoms with Gasteiger partial charge in [-0.1, -0.05) is 48.0 Å². The Labute approximate surface area is 231 Å². The molecule has 0 spiro atoms. The molecule has 0 aliphatic rings. The van der Waals surface area contributed by atoms with Gasteiger partial charge in [-0.2, -0.15) is 0 Å². The molecule has 1 unspecified atom stereocenters. The number of hydrogen-bond donors (Lipinski definition) is 3. The van der Waals surface area contributed by atoms with Crippen LogP contribution in [0.4, 0.5) is 11.4 Å². The van der Waals surface area contributed by atoms with E-state index in [9.17, 15) is 14.4 Å². The maximum absolute atomic E-state index is 13.2. The molecule has 196 valence electrons. The number of anilines is 2. The van der Waals surface area contributed by atoms with Crippen molar-refractivity contribution in [2.45, 2.75) is 24.0 Å². The van der Waals surface area contributed by atoms with Crippen LogP contribution in [0.5, 0.6) is 0 Å². The first-order valence-corrected chi connectivity index (χ1v) is 13.2. The normalized spacial score (nSPS) is 11.8. The van der Waals surface area contributed by atoms with E-state index < -0.39 is 5.91 Å². The Morgan fingerprint density at radius 2 is 1.44 bits per heavy atom. The molecule has 1 heterocycles. The average molecular weight is 537 g/mol. The second-order valence-corrected chi connectivity index (χ2v) is 10.2. The fourth-order valence-corrected chi connectivity index (χ4v) is 4.39. The van der Waals surface area contributed by atoms with Gasteiger partial charge in [0.2, 0.25) is 5.91 Å². The van der Waals surface area contributed by atoms with Gasteiger partial charge in [0.1, 0.15) is 5.70 Å². The van der Waals surface area contributed by atoms with E-state index in [0.29, 0.717) is 16.9 Å². The third-order valence-corrected chi connectivity index (χ3v) is 6.77. The number of carbonyl (C=O) groups is 3. The Morgan fingerprint density at radius 3 is 2.10 bits per heavy atom. The summed E-state index contributed by atoms with van der Waals surface area (Å²) in [5.41, 5.74) is 3.69. The van der Waals surface area contributed by atoms with Gasteiger partial charge in [0.05, 0.1) is 5.25 Å². The first-order chi connectivity index (χ1) is 18.9. The van der Waals surface area contributed by atoms with Gasteiger partial charge in [0.15, 0.2) is 0 Å². The highest BCUT2D eigenvalue weighted by atomic mass is 32.2. The van der Waals surface area contributed by atoms with Crippen molar-refractivity contribution in [3.05, 3.63) is 126 Å². The van der Waals surface area contributed by atoms with Crippen LogP contribution in [0.3, 0.4) is 0 Å². The monoisotopic (exact) mass is 536 g/mol. The van der Waals surface area contributed by atoms with Crippen LogP contribution in [0.2, 0.25) is 0 Å². The van der Waals surface area contributed by atoms with Gasteiger partial charge < -0.3 is 16.0 Å². The zero-order chi connectivity index (χ0) is 27.6. The van der Waals surface area contributed by atoms with Gasteiger partial charge in [0, 0.05) is 34.2 Å². The minimum absolute atomic E-state index is 0.118. The molecule has 39 heavy (non-hydrogen) atoms. The van der Waals surface area contributed by atoms with Crippen LogP contribution >= 0.6 is 11.8 Å². The number of carbonyl (C=O) groups excluding carboxylic acids is 3. The van der Waals surface area contributed by atoms with E-state index in [1.807, 2.05) is 56.3 Å². The molecule has 8 heteroatoms. The molecule has 4 aromatic rings. The summed E-state index contributed by atoms with van der Waals surface area (Å²) in [6.45, 7) is 3.81. The fourth-order valence-electron chi connectivity index (χ4n) is 3.52. The van der Waals surface area contributed by atoms with Crippen molar-refractivity contribution in [1.82, 2.24) is 10.3 Å². The number of hydrogen-bond acceptors (Lipinski definition) is 5. The van der Waals surface area contributed by atoms with Crippen molar-refractivity contribution in [3.8, 4) is 0 Å². The second-order valence-electron chi connectivity index (χ2n) is 8.75. The van der Waals surface area contributed by atoms with E-state index in [1.165, 1.54) is 11.8 Å². The van der Waals surface area contributed by atoms with Crippen molar-refractivity contribution in [2.75, 3.05) is 10.6 Å². The van der Waals surface area contributed by atoms with Crippen LogP contribution in [0.15, 0.2) is 114 Å². The second kappa shape index (κ2) is 13.2. The van der Waals surface area contributed by atoms with Crippen LogP contribution in [0.25, 0.3) is 6.08 Å². The summed E-state index contributed by atoms with van der Waals surface area (Å²) in [5, 5.41) is 8.12. The molecule has 3 N–H and O–H groups in total. The van der Waals surface area contributed by atoms with E-state index >= 15 is 0 Å². The standard InChI is InChI=1S/C31H28N4O3S/c1-21-8-10-23(11-9-21)20-28(35-30(37)24-6-4-3-5-7-24)31(38)34-25-12-14-27(15-13-25)39-22(2)29(36)33-26-16-18-32-19-17-26/h3-20,22H,1-2H3,(H,34,38)(H,35,37)(H,32,33,36)/b28-20-. The van der Waals surface area contributed by atoms with Crippen molar-refractivity contribution < 1.29 is 14.4 Å². The molecule has 0 radical (unpaired) electrons. The number of benzene rings is 3. The molecule has 3 amide bonds. The topological polar surface area (TPSA) is 100 Å². The molecular formula is C31H28N4O3S. The van der Waals surface area contributed by atoms with Gasteiger partial charge in [-0.15, -0.1) is 11.8 Å². The van der Waals surface area contributed by atoms with Gasteiger partial charge in [-0.25, -0.2) is 0 Å². The molecule has 0 fully saturated rings. The highest BCUT2D eigenvalue weighted by Gasteiger charge is 2.17. The van der Waals surface area contributed by atoms with Crippen molar-refractivity contribution in [3.63, 3.8) is 0 Å². The summed E-state index contributed by atoms with van der Waals surface area (Å²) in [5.74, 6) is -0.955. The van der Waals surface area contributed by atoms with Crippen LogP contribution in [-0.2, 0) is 9.59 Å². The fraction of sp³-hybridized carbons (Fsp3) is 0.0968. The Kier molecular flexibility index (Phi) is 9.26. The Bertz CT molecular complexity index is 1460. The Morgan fingerprint density at radius 1 is 0.795 bits per heavy atom. The van der Waals surface area contributed by atoms with Gasteiger partial charge in [-0.3, -0.25) is 19.4 Å². The molecular weight excluding hydrogens is 508 g/mol. The quantitative estimate of drug-likeness (QED) is 0.182. The Balaban J connectivity index is 1.43. The molecule has 3 aromatic carbocycles. The molecule has 1 aromatic heterocycles. The first-order valence-electron chi connectivity index (χ1n) is 12.3. The van der Waals surface area contributed by atoms with E-state index in [1.54, 1.807) is 67.0 Å². The Hall–Kier alpha value is -4.69. The van der Waals surface area contributed by atoms with Crippen molar-refractivity contribution in [1.29, 1.82) is 0 Å². The molecule has 0 saturated carbocycles. The van der Waals surface area contributed by atoms with Gasteiger partial charge in [0.25, 0.3) is 11.8 Å². The third-order valence-electron chi connectivity index (χ3n) is 5.66. The van der Waals surface area contributed by atoms with E-state index in [0.717, 1.165) is 16.0 Å². The molecule has 0 saturated heterocycles. The maximum Gasteiger partial charge on any atom is 0.272 e. The minimum atomic E-state index is -0.453. The number of aromatic nitrogens is 1. The maximum atomic E-state index is 13.2. The summed E-state index contributed by atoms with van der Waals surface area (Å²) < 4.78 is 0. The molecule has 1 atom stereocenters. The summed E-state index contributed by atoms with van der Waals surface area (Å²) in [6.07, 6.45) is 4.88. The summed E-state index contributed by atoms with van der Waals surface area (Å²) >= 11 is 1.40. The lowest BCUT2D eigenvalue weighted by molar-refractivity contribution is -0.115.